The summed E-state index contributed by atoms with van der Waals surface area (Å²) in [5.41, 5.74) is 7.42. The van der Waals surface area contributed by atoms with Gasteiger partial charge in [0.25, 0.3) is 0 Å². The number of anilines is 1. The summed E-state index contributed by atoms with van der Waals surface area (Å²) >= 11 is 2.14. The van der Waals surface area contributed by atoms with Crippen LogP contribution in [0.4, 0.5) is 5.82 Å². The molecule has 7 heteroatoms. The first-order valence-electron chi connectivity index (χ1n) is 5.42. The van der Waals surface area contributed by atoms with Crippen molar-refractivity contribution in [2.24, 2.45) is 0 Å². The highest BCUT2D eigenvalue weighted by Crippen LogP contribution is 2.41. The van der Waals surface area contributed by atoms with Crippen LogP contribution in [0.15, 0.2) is 12.1 Å². The normalized spacial score (nSPS) is 10.3. The fraction of sp³-hybridized carbons (Fsp3) is 0.250. The van der Waals surface area contributed by atoms with Crippen LogP contribution < -0.4 is 19.9 Å². The number of hydrogen-bond acceptors (Lipinski definition) is 5. The zero-order valence-corrected chi connectivity index (χ0v) is 12.9. The molecule has 0 aliphatic heterocycles. The Morgan fingerprint density at radius 3 is 2.05 bits per heavy atom. The molecule has 0 amide bonds. The number of ether oxygens (including phenoxy) is 3. The fourth-order valence-corrected chi connectivity index (χ4v) is 2.31. The first kappa shape index (κ1) is 13.8. The van der Waals surface area contributed by atoms with Gasteiger partial charge in [-0.2, -0.15) is 5.10 Å². The highest BCUT2D eigenvalue weighted by molar-refractivity contribution is 14.1. The molecular weight excluding hydrogens is 361 g/mol. The number of nitrogens with one attached hydrogen (secondary N) is 1. The van der Waals surface area contributed by atoms with Crippen LogP contribution >= 0.6 is 22.6 Å². The van der Waals surface area contributed by atoms with Crippen LogP contribution in [0.1, 0.15) is 0 Å². The Hall–Kier alpha value is -1.64. The summed E-state index contributed by atoms with van der Waals surface area (Å²) in [7, 11) is 4.72. The highest BCUT2D eigenvalue weighted by Gasteiger charge is 2.17. The lowest BCUT2D eigenvalue weighted by Crippen LogP contribution is -1.96. The van der Waals surface area contributed by atoms with E-state index in [-0.39, 0.29) is 0 Å². The molecule has 6 nitrogen and oxygen atoms in total. The molecule has 0 fully saturated rings. The van der Waals surface area contributed by atoms with Crippen molar-refractivity contribution < 1.29 is 14.2 Å². The van der Waals surface area contributed by atoms with Gasteiger partial charge < -0.3 is 19.9 Å². The van der Waals surface area contributed by atoms with E-state index in [0.717, 1.165) is 14.8 Å². The lowest BCUT2D eigenvalue weighted by Gasteiger charge is -2.13. The summed E-state index contributed by atoms with van der Waals surface area (Å²) in [5, 5.41) is 6.87. The molecule has 19 heavy (non-hydrogen) atoms. The Balaban J connectivity index is 2.62. The Labute approximate surface area is 124 Å². The van der Waals surface area contributed by atoms with Gasteiger partial charge in [-0.25, -0.2) is 0 Å². The lowest BCUT2D eigenvalue weighted by atomic mass is 10.1. The Morgan fingerprint density at radius 2 is 1.68 bits per heavy atom. The van der Waals surface area contributed by atoms with E-state index < -0.39 is 0 Å². The summed E-state index contributed by atoms with van der Waals surface area (Å²) in [4.78, 5) is 0. The predicted octanol–water partition coefficient (Wildman–Crippen LogP) is 2.29. The minimum atomic E-state index is 0.462. The molecule has 2 rings (SSSR count). The van der Waals surface area contributed by atoms with E-state index >= 15 is 0 Å². The van der Waals surface area contributed by atoms with Crippen molar-refractivity contribution in [3.05, 3.63) is 15.7 Å². The summed E-state index contributed by atoms with van der Waals surface area (Å²) in [5.74, 6) is 2.18. The molecule has 0 aliphatic rings. The number of H-pyrrole nitrogens is 1. The number of rotatable bonds is 4. The molecule has 0 saturated carbocycles. The van der Waals surface area contributed by atoms with E-state index in [1.807, 2.05) is 12.1 Å². The molecular formula is C12H14IN3O3. The van der Waals surface area contributed by atoms with Crippen molar-refractivity contribution in [2.75, 3.05) is 27.1 Å². The Kier molecular flexibility index (Phi) is 4.03. The summed E-state index contributed by atoms with van der Waals surface area (Å²) in [6.07, 6.45) is 0. The third kappa shape index (κ3) is 2.42. The number of hydrogen-bond donors (Lipinski definition) is 2. The number of aromatic nitrogens is 2. The minimum absolute atomic E-state index is 0.462. The van der Waals surface area contributed by atoms with Crippen molar-refractivity contribution in [1.29, 1.82) is 0 Å². The molecule has 0 spiro atoms. The quantitative estimate of drug-likeness (QED) is 0.802. The molecule has 2 aromatic rings. The second-order valence-electron chi connectivity index (χ2n) is 3.71. The number of nitrogens with zero attached hydrogens (tertiary/aromatic N) is 1. The van der Waals surface area contributed by atoms with E-state index in [4.69, 9.17) is 19.9 Å². The lowest BCUT2D eigenvalue weighted by molar-refractivity contribution is 0.324. The predicted molar refractivity (Wildman–Crippen MR) is 80.8 cm³/mol. The first-order chi connectivity index (χ1) is 9.12. The van der Waals surface area contributed by atoms with Crippen LogP contribution in [0.25, 0.3) is 11.3 Å². The second-order valence-corrected chi connectivity index (χ2v) is 4.79. The third-order valence-corrected chi connectivity index (χ3v) is 3.78. The number of benzene rings is 1. The molecule has 0 unspecified atom stereocenters. The summed E-state index contributed by atoms with van der Waals surface area (Å²) < 4.78 is 16.8. The molecule has 3 N–H and O–H groups in total. The van der Waals surface area contributed by atoms with E-state index in [1.54, 1.807) is 21.3 Å². The van der Waals surface area contributed by atoms with Crippen molar-refractivity contribution in [2.45, 2.75) is 0 Å². The topological polar surface area (TPSA) is 82.4 Å². The number of nitrogen functional groups attached to an aromatic ring is 1. The summed E-state index contributed by atoms with van der Waals surface area (Å²) in [6, 6.07) is 3.69. The maximum atomic E-state index is 5.74. The molecule has 1 aromatic heterocycles. The van der Waals surface area contributed by atoms with Gasteiger partial charge in [-0.05, 0) is 34.7 Å². The van der Waals surface area contributed by atoms with Gasteiger partial charge in [-0.15, -0.1) is 0 Å². The molecule has 0 saturated heterocycles. The first-order valence-corrected chi connectivity index (χ1v) is 6.50. The van der Waals surface area contributed by atoms with Crippen LogP contribution in [-0.4, -0.2) is 31.5 Å². The minimum Gasteiger partial charge on any atom is -0.493 e. The molecule has 1 aromatic carbocycles. The zero-order valence-electron chi connectivity index (χ0n) is 10.8. The van der Waals surface area contributed by atoms with E-state index in [9.17, 15) is 0 Å². The van der Waals surface area contributed by atoms with Crippen LogP contribution in [0.3, 0.4) is 0 Å². The fourth-order valence-electron chi connectivity index (χ4n) is 1.76. The number of nitrogens with two attached hydrogens (primary N) is 1. The van der Waals surface area contributed by atoms with Gasteiger partial charge in [-0.1, -0.05) is 0 Å². The standard InChI is InChI=1S/C12H14IN3O3/c1-17-7-4-6(5-8(18-2)11(7)19-3)10-9(13)12(14)16-15-10/h4-5H,1-3H3,(H3,14,15,16). The number of aromatic amines is 1. The van der Waals surface area contributed by atoms with Crippen LogP contribution in [0.2, 0.25) is 0 Å². The van der Waals surface area contributed by atoms with Gasteiger partial charge in [0.15, 0.2) is 17.3 Å². The maximum Gasteiger partial charge on any atom is 0.203 e. The highest BCUT2D eigenvalue weighted by atomic mass is 127. The largest absolute Gasteiger partial charge is 0.493 e. The van der Waals surface area contributed by atoms with Crippen molar-refractivity contribution in [3.8, 4) is 28.5 Å². The molecule has 0 radical (unpaired) electrons. The van der Waals surface area contributed by atoms with E-state index in [2.05, 4.69) is 32.8 Å². The van der Waals surface area contributed by atoms with Gasteiger partial charge in [-0.3, -0.25) is 5.10 Å². The average molecular weight is 375 g/mol. The molecule has 0 aliphatic carbocycles. The van der Waals surface area contributed by atoms with E-state index in [1.165, 1.54) is 0 Å². The van der Waals surface area contributed by atoms with Gasteiger partial charge in [0, 0.05) is 5.56 Å². The Bertz CT molecular complexity index is 573. The van der Waals surface area contributed by atoms with Crippen molar-refractivity contribution >= 4 is 28.4 Å². The third-order valence-electron chi connectivity index (χ3n) is 2.69. The monoisotopic (exact) mass is 375 g/mol. The van der Waals surface area contributed by atoms with Gasteiger partial charge in [0.2, 0.25) is 5.75 Å². The van der Waals surface area contributed by atoms with Gasteiger partial charge in [0.05, 0.1) is 30.6 Å². The Morgan fingerprint density at radius 1 is 1.11 bits per heavy atom. The molecule has 1 heterocycles. The van der Waals surface area contributed by atoms with Crippen molar-refractivity contribution in [3.63, 3.8) is 0 Å². The van der Waals surface area contributed by atoms with Crippen LogP contribution in [0.5, 0.6) is 17.2 Å². The zero-order chi connectivity index (χ0) is 14.0. The van der Waals surface area contributed by atoms with E-state index in [0.29, 0.717) is 23.1 Å². The molecule has 102 valence electrons. The number of halogens is 1. The maximum absolute atomic E-state index is 5.74. The summed E-state index contributed by atoms with van der Waals surface area (Å²) in [6.45, 7) is 0. The SMILES string of the molecule is COc1cc(-c2[nH]nc(N)c2I)cc(OC)c1OC. The second kappa shape index (κ2) is 5.55. The van der Waals surface area contributed by atoms with Gasteiger partial charge in [0.1, 0.15) is 0 Å². The van der Waals surface area contributed by atoms with Crippen LogP contribution in [0, 0.1) is 3.57 Å². The van der Waals surface area contributed by atoms with Crippen LogP contribution in [-0.2, 0) is 0 Å². The van der Waals surface area contributed by atoms with Crippen molar-refractivity contribution in [1.82, 2.24) is 10.2 Å². The molecule has 0 atom stereocenters. The number of methoxy groups -OCH3 is 3. The van der Waals surface area contributed by atoms with Gasteiger partial charge >= 0.3 is 0 Å². The smallest absolute Gasteiger partial charge is 0.203 e. The average Bonchev–Trinajstić information content (AvgIpc) is 2.77. The molecule has 0 bridgehead atoms.